The summed E-state index contributed by atoms with van der Waals surface area (Å²) in [4.78, 5) is 12.3. The fourth-order valence-electron chi connectivity index (χ4n) is 3.83. The first-order valence-electron chi connectivity index (χ1n) is 12.2. The van der Waals surface area contributed by atoms with Crippen LogP contribution in [0.1, 0.15) is 37.3 Å². The van der Waals surface area contributed by atoms with Gasteiger partial charge in [0, 0.05) is 17.7 Å². The zero-order valence-electron chi connectivity index (χ0n) is 21.5. The standard InChI is InChI=1S/C29H40N2O3.BrH/c1-6-9-10-17-30-29(33)22-31(4,5)18-19-34-28-16-14-24(12-8-3)21-26(28)25-20-23(11-7-2)13-15-27(25)32;/h7-8,13-16,20-21H,2-3,6,9-12,17-19,22H2,1,4-5H3,(H-,30,32,33);1H. The zero-order valence-corrected chi connectivity index (χ0v) is 23.1. The van der Waals surface area contributed by atoms with Crippen LogP contribution in [-0.2, 0) is 17.6 Å². The number of ether oxygens (including phenoxy) is 1. The summed E-state index contributed by atoms with van der Waals surface area (Å²) in [6.45, 7) is 12.1. The minimum absolute atomic E-state index is 0. The summed E-state index contributed by atoms with van der Waals surface area (Å²) < 4.78 is 6.74. The van der Waals surface area contributed by atoms with E-state index in [-0.39, 0.29) is 28.6 Å². The van der Waals surface area contributed by atoms with Crippen LogP contribution in [0, 0.1) is 0 Å². The van der Waals surface area contributed by atoms with Crippen molar-refractivity contribution in [2.75, 3.05) is 40.3 Å². The Bertz CT molecular complexity index is 972. The summed E-state index contributed by atoms with van der Waals surface area (Å²) in [5.41, 5.74) is 3.76. The lowest BCUT2D eigenvalue weighted by Gasteiger charge is -2.29. The summed E-state index contributed by atoms with van der Waals surface area (Å²) in [6.07, 6.45) is 8.46. The van der Waals surface area contributed by atoms with E-state index in [2.05, 4.69) is 25.4 Å². The largest absolute Gasteiger partial charge is 1.00 e. The molecular formula is C29H41BrN2O3. The van der Waals surface area contributed by atoms with Crippen LogP contribution in [0.5, 0.6) is 11.5 Å². The molecule has 0 aromatic heterocycles. The van der Waals surface area contributed by atoms with Gasteiger partial charge in [-0.05, 0) is 54.7 Å². The third-order valence-electron chi connectivity index (χ3n) is 5.78. The molecule has 0 unspecified atom stereocenters. The highest BCUT2D eigenvalue weighted by Gasteiger charge is 2.20. The summed E-state index contributed by atoms with van der Waals surface area (Å²) in [7, 11) is 4.07. The quantitative estimate of drug-likeness (QED) is 0.205. The van der Waals surface area contributed by atoms with Gasteiger partial charge in [-0.25, -0.2) is 0 Å². The maximum atomic E-state index is 12.3. The average molecular weight is 546 g/mol. The number of aromatic hydroxyl groups is 1. The monoisotopic (exact) mass is 544 g/mol. The van der Waals surface area contributed by atoms with E-state index in [0.717, 1.165) is 60.9 Å². The third kappa shape index (κ3) is 10.3. The van der Waals surface area contributed by atoms with Gasteiger partial charge in [-0.2, -0.15) is 0 Å². The van der Waals surface area contributed by atoms with Gasteiger partial charge in [0.1, 0.15) is 24.7 Å². The summed E-state index contributed by atoms with van der Waals surface area (Å²) in [5, 5.41) is 13.6. The van der Waals surface area contributed by atoms with Crippen LogP contribution in [0.4, 0.5) is 0 Å². The fraction of sp³-hybridized carbons (Fsp3) is 0.414. The second-order valence-electron chi connectivity index (χ2n) is 9.39. The minimum Gasteiger partial charge on any atom is -1.00 e. The Hall–Kier alpha value is -2.57. The molecule has 0 saturated carbocycles. The van der Waals surface area contributed by atoms with E-state index in [1.165, 1.54) is 0 Å². The molecule has 0 heterocycles. The molecule has 6 heteroatoms. The van der Waals surface area contributed by atoms with Gasteiger partial charge in [-0.3, -0.25) is 4.79 Å². The van der Waals surface area contributed by atoms with Crippen molar-refractivity contribution in [3.63, 3.8) is 0 Å². The number of phenolic OH excluding ortho intramolecular Hbond substituents is 1. The molecule has 0 fully saturated rings. The van der Waals surface area contributed by atoms with Gasteiger partial charge < -0.3 is 36.6 Å². The highest BCUT2D eigenvalue weighted by molar-refractivity contribution is 5.77. The number of allylic oxidation sites excluding steroid dienone is 2. The number of likely N-dealkylation sites (N-methyl/N-ethyl adjacent to an activating group) is 1. The van der Waals surface area contributed by atoms with Crippen LogP contribution in [0.3, 0.4) is 0 Å². The van der Waals surface area contributed by atoms with Gasteiger partial charge >= 0.3 is 0 Å². The van der Waals surface area contributed by atoms with E-state index in [1.54, 1.807) is 6.07 Å². The Morgan fingerprint density at radius 1 is 1.03 bits per heavy atom. The fourth-order valence-corrected chi connectivity index (χ4v) is 3.83. The van der Waals surface area contributed by atoms with Crippen molar-refractivity contribution in [2.45, 2.75) is 39.0 Å². The van der Waals surface area contributed by atoms with E-state index in [9.17, 15) is 9.90 Å². The van der Waals surface area contributed by atoms with Gasteiger partial charge in [0.2, 0.25) is 0 Å². The van der Waals surface area contributed by atoms with Crippen molar-refractivity contribution < 1.29 is 36.1 Å². The molecule has 0 radical (unpaired) electrons. The second-order valence-corrected chi connectivity index (χ2v) is 9.39. The molecule has 0 atom stereocenters. The SMILES string of the molecule is C=CCc1ccc(O)c(-c2cc(CC=C)ccc2OCC[N+](C)(C)CC(=O)NCCCCC)c1.[Br-]. The number of quaternary nitrogens is 1. The molecule has 1 amide bonds. The first kappa shape index (κ1) is 30.5. The lowest BCUT2D eigenvalue weighted by atomic mass is 9.97. The molecule has 35 heavy (non-hydrogen) atoms. The van der Waals surface area contributed by atoms with E-state index < -0.39 is 0 Å². The second kappa shape index (κ2) is 15.4. The highest BCUT2D eigenvalue weighted by atomic mass is 79.9. The predicted octanol–water partition coefficient (Wildman–Crippen LogP) is 2.28. The number of carbonyl (C=O) groups excluding carboxylic acids is 1. The number of nitrogens with one attached hydrogen (secondary N) is 1. The molecule has 0 saturated heterocycles. The van der Waals surface area contributed by atoms with Crippen molar-refractivity contribution in [1.29, 1.82) is 0 Å². The van der Waals surface area contributed by atoms with Crippen molar-refractivity contribution in [2.24, 2.45) is 0 Å². The van der Waals surface area contributed by atoms with Crippen LogP contribution in [0.2, 0.25) is 0 Å². The van der Waals surface area contributed by atoms with Crippen molar-refractivity contribution in [3.05, 3.63) is 72.8 Å². The van der Waals surface area contributed by atoms with E-state index >= 15 is 0 Å². The smallest absolute Gasteiger partial charge is 0.275 e. The number of carbonyl (C=O) groups is 1. The first-order chi connectivity index (χ1) is 16.3. The van der Waals surface area contributed by atoms with Crippen LogP contribution >= 0.6 is 0 Å². The number of rotatable bonds is 15. The Morgan fingerprint density at radius 3 is 2.29 bits per heavy atom. The molecule has 2 aromatic carbocycles. The molecule has 0 aliphatic rings. The first-order valence-corrected chi connectivity index (χ1v) is 12.2. The molecule has 2 rings (SSSR count). The number of phenols is 1. The Labute approximate surface area is 221 Å². The molecule has 2 N–H and O–H groups in total. The number of halogens is 1. The summed E-state index contributed by atoms with van der Waals surface area (Å²) in [5.74, 6) is 0.992. The molecule has 5 nitrogen and oxygen atoms in total. The van der Waals surface area contributed by atoms with E-state index in [0.29, 0.717) is 29.9 Å². The third-order valence-corrected chi connectivity index (χ3v) is 5.78. The molecule has 0 aliphatic heterocycles. The average Bonchev–Trinajstić information content (AvgIpc) is 2.79. The van der Waals surface area contributed by atoms with Crippen molar-refractivity contribution in [1.82, 2.24) is 5.32 Å². The molecule has 0 spiro atoms. The zero-order chi connectivity index (χ0) is 25.0. The number of hydrogen-bond acceptors (Lipinski definition) is 3. The topological polar surface area (TPSA) is 58.6 Å². The normalized spacial score (nSPS) is 10.8. The molecule has 192 valence electrons. The van der Waals surface area contributed by atoms with E-state index in [1.807, 2.05) is 56.6 Å². The van der Waals surface area contributed by atoms with Crippen LogP contribution in [0.25, 0.3) is 11.1 Å². The number of amides is 1. The number of benzene rings is 2. The number of nitrogens with zero attached hydrogens (tertiary/aromatic N) is 1. The van der Waals surface area contributed by atoms with Gasteiger partial charge in [0.05, 0.1) is 14.1 Å². The van der Waals surface area contributed by atoms with E-state index in [4.69, 9.17) is 4.74 Å². The predicted molar refractivity (Wildman–Crippen MR) is 141 cm³/mol. The van der Waals surface area contributed by atoms with Crippen LogP contribution in [-0.4, -0.2) is 55.8 Å². The van der Waals surface area contributed by atoms with Crippen molar-refractivity contribution in [3.8, 4) is 22.6 Å². The number of hydrogen-bond donors (Lipinski definition) is 2. The molecule has 2 aromatic rings. The van der Waals surface area contributed by atoms with Crippen molar-refractivity contribution >= 4 is 5.91 Å². The van der Waals surface area contributed by atoms with Crippen LogP contribution in [0.15, 0.2) is 61.7 Å². The Kier molecular flexibility index (Phi) is 13.4. The lowest BCUT2D eigenvalue weighted by molar-refractivity contribution is -0.882. The van der Waals surface area contributed by atoms with Gasteiger partial charge in [-0.1, -0.05) is 44.1 Å². The van der Waals surface area contributed by atoms with Gasteiger partial charge in [0.15, 0.2) is 6.54 Å². The highest BCUT2D eigenvalue weighted by Crippen LogP contribution is 2.37. The Balaban J connectivity index is 0.00000612. The number of unbranched alkanes of at least 4 members (excludes halogenated alkanes) is 2. The Morgan fingerprint density at radius 2 is 1.66 bits per heavy atom. The minimum atomic E-state index is 0. The molecule has 0 bridgehead atoms. The molecular weight excluding hydrogens is 504 g/mol. The maximum absolute atomic E-state index is 12.3. The maximum Gasteiger partial charge on any atom is 0.275 e. The lowest BCUT2D eigenvalue weighted by Crippen LogP contribution is -3.00. The van der Waals surface area contributed by atoms with Gasteiger partial charge in [0.25, 0.3) is 5.91 Å². The summed E-state index contributed by atoms with van der Waals surface area (Å²) >= 11 is 0. The van der Waals surface area contributed by atoms with Crippen LogP contribution < -0.4 is 27.0 Å². The summed E-state index contributed by atoms with van der Waals surface area (Å²) in [6, 6.07) is 11.6. The molecule has 0 aliphatic carbocycles. The van der Waals surface area contributed by atoms with Gasteiger partial charge in [-0.15, -0.1) is 13.2 Å².